The second-order valence-electron chi connectivity index (χ2n) is 9.75. The lowest BCUT2D eigenvalue weighted by molar-refractivity contribution is -0.181. The van der Waals surface area contributed by atoms with Gasteiger partial charge in [-0.25, -0.2) is 14.8 Å². The summed E-state index contributed by atoms with van der Waals surface area (Å²) in [4.78, 5) is 28.5. The van der Waals surface area contributed by atoms with Gasteiger partial charge in [0.2, 0.25) is 0 Å². The first-order valence-corrected chi connectivity index (χ1v) is 11.8. The number of halogens is 3. The molecule has 0 aromatic carbocycles. The minimum Gasteiger partial charge on any atom is -0.355 e. The number of hydrogen-bond donors (Lipinski definition) is 0. The number of aryl methyl sites for hydroxylation is 1. The molecule has 2 aromatic heterocycles. The Hall–Kier alpha value is -3.40. The van der Waals surface area contributed by atoms with E-state index in [1.54, 1.807) is 29.0 Å². The Bertz CT molecular complexity index is 1150. The van der Waals surface area contributed by atoms with Crippen LogP contribution in [0.3, 0.4) is 0 Å². The Balaban J connectivity index is 1.58. The van der Waals surface area contributed by atoms with Gasteiger partial charge in [0.05, 0.1) is 17.9 Å². The third kappa shape index (κ3) is 4.82. The summed E-state index contributed by atoms with van der Waals surface area (Å²) >= 11 is 0. The smallest absolute Gasteiger partial charge is 0.355 e. The van der Waals surface area contributed by atoms with Gasteiger partial charge in [-0.2, -0.15) is 23.5 Å². The van der Waals surface area contributed by atoms with E-state index in [-0.39, 0.29) is 12.2 Å². The van der Waals surface area contributed by atoms with Crippen molar-refractivity contribution >= 4 is 11.8 Å². The molecule has 0 bridgehead atoms. The molecular weight excluding hydrogens is 475 g/mol. The maximum atomic E-state index is 13.8. The molecule has 1 unspecified atom stereocenters. The Kier molecular flexibility index (Phi) is 6.83. The molecule has 4 heterocycles. The molecule has 0 aliphatic carbocycles. The van der Waals surface area contributed by atoms with E-state index in [0.29, 0.717) is 56.1 Å². The van der Waals surface area contributed by atoms with Gasteiger partial charge >= 0.3 is 12.2 Å². The van der Waals surface area contributed by atoms with Crippen LogP contribution >= 0.6 is 0 Å². The number of alkyl halides is 3. The van der Waals surface area contributed by atoms with Crippen molar-refractivity contribution in [3.63, 3.8) is 0 Å². The summed E-state index contributed by atoms with van der Waals surface area (Å²) in [5, 5.41) is 13.6. The number of carbonyl (C=O) groups excluding carboxylic acids is 1. The normalized spacial score (nSPS) is 18.9. The SMILES string of the molecule is CC(N1C(=O)N(CCN(C)C)CC12CCN(c1cnc(C#N)c(-c3cnn(C)c3)n1)CC2)C(F)(F)F. The highest BCUT2D eigenvalue weighted by Gasteiger charge is 2.57. The van der Waals surface area contributed by atoms with Crippen LogP contribution in [-0.4, -0.2) is 105 Å². The molecule has 4 rings (SSSR count). The fourth-order valence-electron chi connectivity index (χ4n) is 4.98. The van der Waals surface area contributed by atoms with E-state index >= 15 is 0 Å². The topological polar surface area (TPSA) is 97.4 Å². The molecule has 1 atom stereocenters. The largest absolute Gasteiger partial charge is 0.408 e. The minimum atomic E-state index is -4.52. The molecule has 0 N–H and O–H groups in total. The molecule has 10 nitrogen and oxygen atoms in total. The molecule has 0 radical (unpaired) electrons. The van der Waals surface area contributed by atoms with Crippen LogP contribution in [-0.2, 0) is 7.05 Å². The number of rotatable bonds is 6. The van der Waals surface area contributed by atoms with Crippen LogP contribution in [0.15, 0.2) is 18.6 Å². The summed E-state index contributed by atoms with van der Waals surface area (Å²) in [6.45, 7) is 3.07. The van der Waals surface area contributed by atoms with E-state index < -0.39 is 23.8 Å². The molecule has 2 saturated heterocycles. The molecule has 13 heteroatoms. The maximum Gasteiger partial charge on any atom is 0.408 e. The fourth-order valence-corrected chi connectivity index (χ4v) is 4.98. The molecule has 1 spiro atoms. The third-order valence-electron chi connectivity index (χ3n) is 7.01. The highest BCUT2D eigenvalue weighted by Crippen LogP contribution is 2.41. The quantitative estimate of drug-likeness (QED) is 0.595. The zero-order valence-corrected chi connectivity index (χ0v) is 20.8. The second-order valence-corrected chi connectivity index (χ2v) is 9.75. The summed E-state index contributed by atoms with van der Waals surface area (Å²) in [6.07, 6.45) is 1.05. The van der Waals surface area contributed by atoms with Crippen LogP contribution in [0.1, 0.15) is 25.5 Å². The Morgan fingerprint density at radius 1 is 1.25 bits per heavy atom. The van der Waals surface area contributed by atoms with E-state index in [4.69, 9.17) is 0 Å². The molecule has 36 heavy (non-hydrogen) atoms. The fraction of sp³-hybridized carbons (Fsp3) is 0.609. The van der Waals surface area contributed by atoms with E-state index in [9.17, 15) is 23.2 Å². The summed E-state index contributed by atoms with van der Waals surface area (Å²) in [5.41, 5.74) is 0.311. The first-order valence-electron chi connectivity index (χ1n) is 11.8. The zero-order valence-electron chi connectivity index (χ0n) is 20.8. The lowest BCUT2D eigenvalue weighted by atomic mass is 9.85. The lowest BCUT2D eigenvalue weighted by Gasteiger charge is -2.46. The molecule has 2 aliphatic heterocycles. The molecule has 2 aliphatic rings. The zero-order chi connectivity index (χ0) is 26.3. The molecule has 2 amide bonds. The average molecular weight is 506 g/mol. The third-order valence-corrected chi connectivity index (χ3v) is 7.01. The van der Waals surface area contributed by atoms with Crippen LogP contribution in [0.4, 0.5) is 23.8 Å². The number of hydrogen-bond acceptors (Lipinski definition) is 7. The highest BCUT2D eigenvalue weighted by atomic mass is 19.4. The van der Waals surface area contributed by atoms with E-state index in [1.165, 1.54) is 6.20 Å². The van der Waals surface area contributed by atoms with Gasteiger partial charge in [-0.05, 0) is 33.9 Å². The van der Waals surface area contributed by atoms with Gasteiger partial charge in [0.15, 0.2) is 5.69 Å². The van der Waals surface area contributed by atoms with Crippen molar-refractivity contribution in [2.24, 2.45) is 7.05 Å². The summed E-state index contributed by atoms with van der Waals surface area (Å²) in [6, 6.07) is -0.398. The Morgan fingerprint density at radius 3 is 2.50 bits per heavy atom. The van der Waals surface area contributed by atoms with Crippen LogP contribution in [0, 0.1) is 11.3 Å². The number of likely N-dealkylation sites (N-methyl/N-ethyl adjacent to an activating group) is 1. The predicted molar refractivity (Wildman–Crippen MR) is 126 cm³/mol. The number of amides is 2. The second kappa shape index (κ2) is 9.57. The van der Waals surface area contributed by atoms with Crippen molar-refractivity contribution in [1.29, 1.82) is 5.26 Å². The van der Waals surface area contributed by atoms with Crippen LogP contribution in [0.2, 0.25) is 0 Å². The van der Waals surface area contributed by atoms with E-state index in [1.807, 2.05) is 30.0 Å². The van der Waals surface area contributed by atoms with Crippen LogP contribution in [0.25, 0.3) is 11.3 Å². The Labute approximate surface area is 207 Å². The van der Waals surface area contributed by atoms with Gasteiger partial charge in [0.1, 0.15) is 23.6 Å². The van der Waals surface area contributed by atoms with Crippen molar-refractivity contribution < 1.29 is 18.0 Å². The van der Waals surface area contributed by atoms with Crippen molar-refractivity contribution in [1.82, 2.24) is 34.4 Å². The first-order chi connectivity index (χ1) is 16.9. The lowest BCUT2D eigenvalue weighted by Crippen LogP contribution is -2.60. The highest BCUT2D eigenvalue weighted by molar-refractivity contribution is 5.79. The van der Waals surface area contributed by atoms with Gasteiger partial charge in [0.25, 0.3) is 0 Å². The van der Waals surface area contributed by atoms with Gasteiger partial charge in [-0.1, -0.05) is 0 Å². The van der Waals surface area contributed by atoms with Crippen LogP contribution < -0.4 is 4.90 Å². The van der Waals surface area contributed by atoms with Gasteiger partial charge < -0.3 is 19.6 Å². The standard InChI is InChI=1S/C23H30F3N9O/c1-16(23(24,25)26)35-21(36)34(10-9-31(2)3)15-22(35)5-7-33(8-6-22)19-13-28-18(11-27)20(30-19)17-12-29-32(4)14-17/h12-14,16H,5-10,15H2,1-4H3. The van der Waals surface area contributed by atoms with Gasteiger partial charge in [-0.15, -0.1) is 0 Å². The van der Waals surface area contributed by atoms with Crippen LogP contribution in [0.5, 0.6) is 0 Å². The maximum absolute atomic E-state index is 13.8. The number of carbonyl (C=O) groups is 1. The molecule has 194 valence electrons. The summed E-state index contributed by atoms with van der Waals surface area (Å²) < 4.78 is 43.0. The Morgan fingerprint density at radius 2 is 1.94 bits per heavy atom. The molecule has 2 fully saturated rings. The molecular formula is C23H30F3N9O. The number of aromatic nitrogens is 4. The molecule has 0 saturated carbocycles. The van der Waals surface area contributed by atoms with E-state index in [2.05, 4.69) is 15.1 Å². The van der Waals surface area contributed by atoms with Crippen molar-refractivity contribution in [3.8, 4) is 17.3 Å². The van der Waals surface area contributed by atoms with Crippen molar-refractivity contribution in [2.75, 3.05) is 51.7 Å². The number of urea groups is 1. The number of anilines is 1. The summed E-state index contributed by atoms with van der Waals surface area (Å²) in [7, 11) is 5.49. The number of nitriles is 1. The van der Waals surface area contributed by atoms with Gasteiger partial charge in [0, 0.05) is 51.5 Å². The molecule has 2 aromatic rings. The van der Waals surface area contributed by atoms with Crippen molar-refractivity contribution in [3.05, 3.63) is 24.3 Å². The summed E-state index contributed by atoms with van der Waals surface area (Å²) in [5.74, 6) is 0.534. The van der Waals surface area contributed by atoms with E-state index in [0.717, 1.165) is 11.8 Å². The van der Waals surface area contributed by atoms with Crippen molar-refractivity contribution in [2.45, 2.75) is 37.5 Å². The first kappa shape index (κ1) is 25.7. The monoisotopic (exact) mass is 505 g/mol. The number of nitrogens with zero attached hydrogens (tertiary/aromatic N) is 9. The number of piperidine rings is 1. The minimum absolute atomic E-state index is 0.170. The predicted octanol–water partition coefficient (Wildman–Crippen LogP) is 2.34. The average Bonchev–Trinajstić information content (AvgIpc) is 3.37. The van der Waals surface area contributed by atoms with Gasteiger partial charge in [-0.3, -0.25) is 4.68 Å².